The van der Waals surface area contributed by atoms with E-state index in [9.17, 15) is 4.79 Å². The molecule has 4 nitrogen and oxygen atoms in total. The van der Waals surface area contributed by atoms with E-state index in [0.717, 1.165) is 5.56 Å². The Morgan fingerprint density at radius 1 is 1.47 bits per heavy atom. The number of nitrogens with one attached hydrogen (secondary N) is 1. The molecule has 1 N–H and O–H groups in total. The maximum atomic E-state index is 11.9. The maximum Gasteiger partial charge on any atom is 0.238 e. The van der Waals surface area contributed by atoms with Crippen LogP contribution in [0.25, 0.3) is 0 Å². The van der Waals surface area contributed by atoms with Crippen LogP contribution in [0.15, 0.2) is 30.3 Å². The molecule has 0 aliphatic carbocycles. The highest BCUT2D eigenvalue weighted by Gasteiger charge is 2.34. The van der Waals surface area contributed by atoms with Gasteiger partial charge in [0.05, 0.1) is 19.2 Å². The van der Waals surface area contributed by atoms with Crippen molar-refractivity contribution in [2.24, 2.45) is 0 Å². The normalized spacial score (nSPS) is 21.9. The van der Waals surface area contributed by atoms with Crippen molar-refractivity contribution in [3.63, 3.8) is 0 Å². The molecule has 0 bridgehead atoms. The second kappa shape index (κ2) is 5.29. The number of carbonyl (C=O) groups excluding carboxylic acids is 1. The van der Waals surface area contributed by atoms with E-state index in [2.05, 4.69) is 5.32 Å². The molecule has 0 spiro atoms. The van der Waals surface area contributed by atoms with E-state index in [4.69, 9.17) is 4.74 Å². The summed E-state index contributed by atoms with van der Waals surface area (Å²) in [6.07, 6.45) is -0.0335. The van der Waals surface area contributed by atoms with Gasteiger partial charge in [0.15, 0.2) is 0 Å². The van der Waals surface area contributed by atoms with Crippen LogP contribution in [0.2, 0.25) is 0 Å². The first-order chi connectivity index (χ1) is 8.24. The van der Waals surface area contributed by atoms with Crippen molar-refractivity contribution >= 4 is 5.91 Å². The lowest BCUT2D eigenvalue weighted by molar-refractivity contribution is -0.131. The molecule has 17 heavy (non-hydrogen) atoms. The zero-order valence-corrected chi connectivity index (χ0v) is 10.2. The second-order valence-electron chi connectivity index (χ2n) is 4.30. The Bertz CT molecular complexity index is 380. The first-order valence-electron chi connectivity index (χ1n) is 5.82. The maximum absolute atomic E-state index is 11.9. The molecule has 0 saturated carbocycles. The number of carbonyl (C=O) groups is 1. The van der Waals surface area contributed by atoms with Crippen LogP contribution in [-0.2, 0) is 9.53 Å². The first-order valence-corrected chi connectivity index (χ1v) is 5.82. The van der Waals surface area contributed by atoms with Gasteiger partial charge < -0.3 is 9.64 Å². The van der Waals surface area contributed by atoms with Gasteiger partial charge in [0.1, 0.15) is 6.17 Å². The molecule has 1 fully saturated rings. The van der Waals surface area contributed by atoms with Crippen LogP contribution in [0, 0.1) is 0 Å². The van der Waals surface area contributed by atoms with Gasteiger partial charge in [0.25, 0.3) is 0 Å². The zero-order chi connectivity index (χ0) is 12.3. The average Bonchev–Trinajstić information content (AvgIpc) is 2.73. The smallest absolute Gasteiger partial charge is 0.238 e. The predicted molar refractivity (Wildman–Crippen MR) is 65.4 cm³/mol. The number of nitrogens with zero attached hydrogens (tertiary/aromatic N) is 1. The molecular formula is C13H18N2O2. The summed E-state index contributed by atoms with van der Waals surface area (Å²) in [5.74, 6) is 0.128. The van der Waals surface area contributed by atoms with Crippen molar-refractivity contribution < 1.29 is 9.53 Å². The van der Waals surface area contributed by atoms with Crippen molar-refractivity contribution in [1.82, 2.24) is 10.2 Å². The summed E-state index contributed by atoms with van der Waals surface area (Å²) in [5.41, 5.74) is 1.11. The van der Waals surface area contributed by atoms with Gasteiger partial charge in [-0.15, -0.1) is 0 Å². The van der Waals surface area contributed by atoms with Crippen molar-refractivity contribution in [1.29, 1.82) is 0 Å². The largest absolute Gasteiger partial charge is 0.383 e. The molecule has 1 aromatic carbocycles. The van der Waals surface area contributed by atoms with E-state index in [0.29, 0.717) is 13.2 Å². The number of amides is 1. The number of rotatable bonds is 4. The lowest BCUT2D eigenvalue weighted by Crippen LogP contribution is -2.40. The van der Waals surface area contributed by atoms with Crippen LogP contribution >= 0.6 is 0 Å². The minimum absolute atomic E-state index is 0.0335. The molecule has 1 aromatic rings. The zero-order valence-electron chi connectivity index (χ0n) is 10.2. The molecular weight excluding hydrogens is 216 g/mol. The standard InChI is InChI=1S/C13H18N2O2/c1-10(9-17-2)15-12(16)8-14-13(15)11-6-4-3-5-7-11/h3-7,10,13-14H,8-9H2,1-2H3. The fraction of sp³-hybridized carbons (Fsp3) is 0.462. The number of hydrogen-bond acceptors (Lipinski definition) is 3. The minimum Gasteiger partial charge on any atom is -0.383 e. The van der Waals surface area contributed by atoms with Crippen LogP contribution in [0.5, 0.6) is 0 Å². The quantitative estimate of drug-likeness (QED) is 0.849. The number of methoxy groups -OCH3 is 1. The minimum atomic E-state index is -0.0335. The highest BCUT2D eigenvalue weighted by atomic mass is 16.5. The SMILES string of the molecule is COCC(C)N1C(=O)CNC1c1ccccc1. The third kappa shape index (κ3) is 2.48. The van der Waals surface area contributed by atoms with Gasteiger partial charge >= 0.3 is 0 Å². The average molecular weight is 234 g/mol. The third-order valence-electron chi connectivity index (χ3n) is 3.01. The first kappa shape index (κ1) is 12.1. The number of hydrogen-bond donors (Lipinski definition) is 1. The molecule has 2 rings (SSSR count). The van der Waals surface area contributed by atoms with Gasteiger partial charge in [0.2, 0.25) is 5.91 Å². The van der Waals surface area contributed by atoms with Crippen molar-refractivity contribution in [2.75, 3.05) is 20.3 Å². The van der Waals surface area contributed by atoms with E-state index in [1.54, 1.807) is 7.11 Å². The van der Waals surface area contributed by atoms with Crippen LogP contribution in [-0.4, -0.2) is 37.1 Å². The topological polar surface area (TPSA) is 41.6 Å². The molecule has 1 heterocycles. The van der Waals surface area contributed by atoms with Crippen LogP contribution in [0.1, 0.15) is 18.7 Å². The second-order valence-corrected chi connectivity index (χ2v) is 4.30. The van der Waals surface area contributed by atoms with E-state index in [1.807, 2.05) is 42.2 Å². The summed E-state index contributed by atoms with van der Waals surface area (Å²) in [7, 11) is 1.65. The highest BCUT2D eigenvalue weighted by molar-refractivity contribution is 5.81. The fourth-order valence-electron chi connectivity index (χ4n) is 2.25. The predicted octanol–water partition coefficient (Wildman–Crippen LogP) is 1.15. The van der Waals surface area contributed by atoms with E-state index in [1.165, 1.54) is 0 Å². The summed E-state index contributed by atoms with van der Waals surface area (Å²) in [6.45, 7) is 2.95. The van der Waals surface area contributed by atoms with Gasteiger partial charge in [-0.25, -0.2) is 0 Å². The molecule has 2 unspecified atom stereocenters. The van der Waals surface area contributed by atoms with Gasteiger partial charge in [-0.05, 0) is 12.5 Å². The molecule has 0 radical (unpaired) electrons. The molecule has 2 atom stereocenters. The van der Waals surface area contributed by atoms with Crippen molar-refractivity contribution in [3.05, 3.63) is 35.9 Å². The highest BCUT2D eigenvalue weighted by Crippen LogP contribution is 2.24. The van der Waals surface area contributed by atoms with Crippen LogP contribution in [0.4, 0.5) is 0 Å². The number of ether oxygens (including phenoxy) is 1. The Balaban J connectivity index is 2.19. The molecule has 1 amide bonds. The Labute approximate surface area is 102 Å². The Morgan fingerprint density at radius 3 is 2.82 bits per heavy atom. The summed E-state index contributed by atoms with van der Waals surface area (Å²) < 4.78 is 5.13. The summed E-state index contributed by atoms with van der Waals surface area (Å²) >= 11 is 0. The monoisotopic (exact) mass is 234 g/mol. The molecule has 0 aromatic heterocycles. The third-order valence-corrected chi connectivity index (χ3v) is 3.01. The molecule has 1 aliphatic heterocycles. The molecule has 1 aliphatic rings. The summed E-state index contributed by atoms with van der Waals surface area (Å²) in [6, 6.07) is 10.1. The lowest BCUT2D eigenvalue weighted by Gasteiger charge is -2.30. The Hall–Kier alpha value is -1.39. The molecule has 92 valence electrons. The van der Waals surface area contributed by atoms with Crippen LogP contribution in [0.3, 0.4) is 0 Å². The summed E-state index contributed by atoms with van der Waals surface area (Å²) in [4.78, 5) is 13.7. The van der Waals surface area contributed by atoms with E-state index < -0.39 is 0 Å². The van der Waals surface area contributed by atoms with Crippen molar-refractivity contribution in [2.45, 2.75) is 19.1 Å². The van der Waals surface area contributed by atoms with Crippen LogP contribution < -0.4 is 5.32 Å². The molecule has 1 saturated heterocycles. The van der Waals surface area contributed by atoms with Gasteiger partial charge in [-0.2, -0.15) is 0 Å². The van der Waals surface area contributed by atoms with Gasteiger partial charge in [0, 0.05) is 7.11 Å². The van der Waals surface area contributed by atoms with E-state index >= 15 is 0 Å². The summed E-state index contributed by atoms with van der Waals surface area (Å²) in [5, 5.41) is 3.23. The van der Waals surface area contributed by atoms with Gasteiger partial charge in [-0.1, -0.05) is 30.3 Å². The molecule has 4 heteroatoms. The van der Waals surface area contributed by atoms with E-state index in [-0.39, 0.29) is 18.1 Å². The van der Waals surface area contributed by atoms with Gasteiger partial charge in [-0.3, -0.25) is 10.1 Å². The number of benzene rings is 1. The fourth-order valence-corrected chi connectivity index (χ4v) is 2.25. The van der Waals surface area contributed by atoms with Crippen molar-refractivity contribution in [3.8, 4) is 0 Å². The Morgan fingerprint density at radius 2 is 2.18 bits per heavy atom. The lowest BCUT2D eigenvalue weighted by atomic mass is 10.1. The Kier molecular flexibility index (Phi) is 3.76.